The van der Waals surface area contributed by atoms with Crippen molar-refractivity contribution in [3.05, 3.63) is 46.1 Å². The SMILES string of the molecule is O=C(O)c1ccccc1-n1c(C2CCC2)n[nH]c1=O. The third-order valence-electron chi connectivity index (χ3n) is 3.54. The largest absolute Gasteiger partial charge is 0.478 e. The highest BCUT2D eigenvalue weighted by Crippen LogP contribution is 2.35. The quantitative estimate of drug-likeness (QED) is 0.874. The first kappa shape index (κ1) is 11.7. The van der Waals surface area contributed by atoms with Gasteiger partial charge in [-0.05, 0) is 25.0 Å². The van der Waals surface area contributed by atoms with Gasteiger partial charge in [0, 0.05) is 5.92 Å². The molecule has 0 radical (unpaired) electrons. The van der Waals surface area contributed by atoms with E-state index in [0.717, 1.165) is 19.3 Å². The molecule has 0 unspecified atom stereocenters. The zero-order chi connectivity index (χ0) is 13.4. The fourth-order valence-corrected chi connectivity index (χ4v) is 2.33. The molecule has 0 aliphatic heterocycles. The zero-order valence-corrected chi connectivity index (χ0v) is 10.2. The molecule has 3 rings (SSSR count). The van der Waals surface area contributed by atoms with Crippen LogP contribution in [0.25, 0.3) is 5.69 Å². The van der Waals surface area contributed by atoms with Crippen molar-refractivity contribution in [3.8, 4) is 5.69 Å². The Bertz CT molecular complexity index is 682. The van der Waals surface area contributed by atoms with Crippen LogP contribution >= 0.6 is 0 Å². The number of nitrogens with one attached hydrogen (secondary N) is 1. The van der Waals surface area contributed by atoms with Gasteiger partial charge in [0.1, 0.15) is 5.82 Å². The fourth-order valence-electron chi connectivity index (χ4n) is 2.33. The Kier molecular flexibility index (Phi) is 2.70. The van der Waals surface area contributed by atoms with Crippen LogP contribution in [0, 0.1) is 0 Å². The summed E-state index contributed by atoms with van der Waals surface area (Å²) in [7, 11) is 0. The third-order valence-corrected chi connectivity index (χ3v) is 3.54. The molecule has 1 saturated carbocycles. The number of nitrogens with zero attached hydrogens (tertiary/aromatic N) is 2. The predicted octanol–water partition coefficient (Wildman–Crippen LogP) is 1.53. The van der Waals surface area contributed by atoms with Gasteiger partial charge < -0.3 is 5.11 Å². The highest BCUT2D eigenvalue weighted by molar-refractivity contribution is 5.91. The Balaban J connectivity index is 2.19. The van der Waals surface area contributed by atoms with E-state index in [0.29, 0.717) is 11.5 Å². The molecule has 1 heterocycles. The summed E-state index contributed by atoms with van der Waals surface area (Å²) < 4.78 is 1.38. The maximum absolute atomic E-state index is 11.9. The monoisotopic (exact) mass is 259 g/mol. The molecule has 1 fully saturated rings. The summed E-state index contributed by atoms with van der Waals surface area (Å²) in [5.74, 6) is -0.186. The minimum Gasteiger partial charge on any atom is -0.478 e. The molecule has 6 heteroatoms. The van der Waals surface area contributed by atoms with Gasteiger partial charge >= 0.3 is 11.7 Å². The Morgan fingerprint density at radius 2 is 2.11 bits per heavy atom. The number of aromatic nitrogens is 3. The Labute approximate surface area is 108 Å². The maximum atomic E-state index is 11.9. The first-order valence-electron chi connectivity index (χ1n) is 6.18. The van der Waals surface area contributed by atoms with Crippen LogP contribution in [0.1, 0.15) is 41.4 Å². The van der Waals surface area contributed by atoms with Crippen molar-refractivity contribution >= 4 is 5.97 Å². The third kappa shape index (κ3) is 1.85. The molecule has 1 aliphatic rings. The molecule has 1 aromatic carbocycles. The number of hydrogen-bond acceptors (Lipinski definition) is 3. The van der Waals surface area contributed by atoms with E-state index in [9.17, 15) is 14.7 Å². The van der Waals surface area contributed by atoms with Crippen LogP contribution in [0.3, 0.4) is 0 Å². The number of rotatable bonds is 3. The van der Waals surface area contributed by atoms with Gasteiger partial charge in [-0.1, -0.05) is 18.6 Å². The van der Waals surface area contributed by atoms with E-state index in [2.05, 4.69) is 10.2 Å². The van der Waals surface area contributed by atoms with E-state index in [4.69, 9.17) is 0 Å². The average Bonchev–Trinajstić information content (AvgIpc) is 2.69. The number of aromatic carboxylic acids is 1. The normalized spacial score (nSPS) is 15.2. The van der Waals surface area contributed by atoms with Crippen molar-refractivity contribution < 1.29 is 9.90 Å². The molecule has 0 atom stereocenters. The lowest BCUT2D eigenvalue weighted by atomic mass is 9.85. The van der Waals surface area contributed by atoms with Gasteiger partial charge in [-0.15, -0.1) is 0 Å². The van der Waals surface area contributed by atoms with E-state index in [-0.39, 0.29) is 11.5 Å². The molecule has 2 aromatic rings. The van der Waals surface area contributed by atoms with Crippen LogP contribution in [-0.4, -0.2) is 25.8 Å². The number of hydrogen-bond donors (Lipinski definition) is 2. The van der Waals surface area contributed by atoms with Gasteiger partial charge in [-0.3, -0.25) is 0 Å². The predicted molar refractivity (Wildman–Crippen MR) is 67.7 cm³/mol. The molecule has 0 saturated heterocycles. The fraction of sp³-hybridized carbons (Fsp3) is 0.308. The Morgan fingerprint density at radius 3 is 2.74 bits per heavy atom. The van der Waals surface area contributed by atoms with E-state index in [1.54, 1.807) is 18.2 Å². The second-order valence-corrected chi connectivity index (χ2v) is 4.67. The highest BCUT2D eigenvalue weighted by atomic mass is 16.4. The standard InChI is InChI=1S/C13H13N3O3/c17-12(18)9-6-1-2-7-10(9)16-11(8-4-3-5-8)14-15-13(16)19/h1-2,6-8H,3-5H2,(H,15,19)(H,17,18). The molecule has 6 nitrogen and oxygen atoms in total. The molecule has 0 spiro atoms. The molecule has 1 aromatic heterocycles. The zero-order valence-electron chi connectivity index (χ0n) is 10.2. The van der Waals surface area contributed by atoms with Crippen LogP contribution in [0.5, 0.6) is 0 Å². The molecule has 0 amide bonds. The highest BCUT2D eigenvalue weighted by Gasteiger charge is 2.27. The van der Waals surface area contributed by atoms with Crippen molar-refractivity contribution in [2.24, 2.45) is 0 Å². The number of carboxylic acid groups (broad SMARTS) is 1. The number of aromatic amines is 1. The van der Waals surface area contributed by atoms with E-state index < -0.39 is 11.7 Å². The first-order valence-corrected chi connectivity index (χ1v) is 6.18. The lowest BCUT2D eigenvalue weighted by Gasteiger charge is -2.24. The Hall–Kier alpha value is -2.37. The number of H-pyrrole nitrogens is 1. The van der Waals surface area contributed by atoms with Gasteiger partial charge in [0.15, 0.2) is 0 Å². The van der Waals surface area contributed by atoms with E-state index >= 15 is 0 Å². The van der Waals surface area contributed by atoms with Crippen molar-refractivity contribution in [3.63, 3.8) is 0 Å². The van der Waals surface area contributed by atoms with Crippen molar-refractivity contribution in [1.29, 1.82) is 0 Å². The summed E-state index contributed by atoms with van der Waals surface area (Å²) >= 11 is 0. The Morgan fingerprint density at radius 1 is 1.37 bits per heavy atom. The van der Waals surface area contributed by atoms with E-state index in [1.807, 2.05) is 0 Å². The molecule has 0 bridgehead atoms. The minimum atomic E-state index is -1.05. The summed E-state index contributed by atoms with van der Waals surface area (Å²) in [5.41, 5.74) is 0.0813. The van der Waals surface area contributed by atoms with Crippen LogP contribution < -0.4 is 5.69 Å². The van der Waals surface area contributed by atoms with Crippen molar-refractivity contribution in [2.45, 2.75) is 25.2 Å². The second-order valence-electron chi connectivity index (χ2n) is 4.67. The lowest BCUT2D eigenvalue weighted by Crippen LogP contribution is -2.23. The van der Waals surface area contributed by atoms with Gasteiger partial charge in [-0.2, -0.15) is 5.10 Å². The van der Waals surface area contributed by atoms with Crippen LogP contribution in [-0.2, 0) is 0 Å². The molecular formula is C13H13N3O3. The van der Waals surface area contributed by atoms with Gasteiger partial charge in [0.2, 0.25) is 0 Å². The summed E-state index contributed by atoms with van der Waals surface area (Å²) in [5, 5.41) is 15.7. The minimum absolute atomic E-state index is 0.103. The maximum Gasteiger partial charge on any atom is 0.347 e. The van der Waals surface area contributed by atoms with Crippen LogP contribution in [0.4, 0.5) is 0 Å². The number of carbonyl (C=O) groups is 1. The van der Waals surface area contributed by atoms with Gasteiger partial charge in [0.25, 0.3) is 0 Å². The molecule has 2 N–H and O–H groups in total. The number of benzene rings is 1. The molecule has 98 valence electrons. The van der Waals surface area contributed by atoms with Crippen LogP contribution in [0.15, 0.2) is 29.1 Å². The van der Waals surface area contributed by atoms with Crippen molar-refractivity contribution in [1.82, 2.24) is 14.8 Å². The van der Waals surface area contributed by atoms with Crippen LogP contribution in [0.2, 0.25) is 0 Å². The lowest BCUT2D eigenvalue weighted by molar-refractivity contribution is 0.0697. The molecule has 1 aliphatic carbocycles. The first-order chi connectivity index (χ1) is 9.18. The molecule has 19 heavy (non-hydrogen) atoms. The average molecular weight is 259 g/mol. The van der Waals surface area contributed by atoms with E-state index in [1.165, 1.54) is 10.6 Å². The van der Waals surface area contributed by atoms with Gasteiger partial charge in [-0.25, -0.2) is 19.3 Å². The summed E-state index contributed by atoms with van der Waals surface area (Å²) in [6.45, 7) is 0. The van der Waals surface area contributed by atoms with Crippen molar-refractivity contribution in [2.75, 3.05) is 0 Å². The smallest absolute Gasteiger partial charge is 0.347 e. The number of carboxylic acids is 1. The second kappa shape index (κ2) is 4.38. The topological polar surface area (TPSA) is 88.0 Å². The molecular weight excluding hydrogens is 246 g/mol. The van der Waals surface area contributed by atoms with Gasteiger partial charge in [0.05, 0.1) is 11.3 Å². The number of para-hydroxylation sites is 1. The summed E-state index contributed by atoms with van der Waals surface area (Å²) in [4.78, 5) is 23.2. The summed E-state index contributed by atoms with van der Waals surface area (Å²) in [6.07, 6.45) is 3.09. The summed E-state index contributed by atoms with van der Waals surface area (Å²) in [6, 6.07) is 6.47.